The van der Waals surface area contributed by atoms with Crippen LogP contribution in [0.1, 0.15) is 49.9 Å². The second-order valence-electron chi connectivity index (χ2n) is 12.3. The van der Waals surface area contributed by atoms with Crippen LogP contribution < -0.4 is 0 Å². The van der Waals surface area contributed by atoms with E-state index < -0.39 is 0 Å². The van der Waals surface area contributed by atoms with Gasteiger partial charge in [-0.1, -0.05) is 82.3 Å². The Kier molecular flexibility index (Phi) is 4.66. The summed E-state index contributed by atoms with van der Waals surface area (Å²) in [5.41, 5.74) is 15.0. The van der Waals surface area contributed by atoms with Crippen LogP contribution in [-0.4, -0.2) is 9.97 Å². The third-order valence-corrected chi connectivity index (χ3v) is 9.37. The summed E-state index contributed by atoms with van der Waals surface area (Å²) in [6, 6.07) is 35.5. The quantitative estimate of drug-likeness (QED) is 0.230. The Labute approximate surface area is 235 Å². The van der Waals surface area contributed by atoms with Gasteiger partial charge in [0.1, 0.15) is 0 Å². The van der Waals surface area contributed by atoms with Gasteiger partial charge in [0, 0.05) is 34.4 Å². The molecular weight excluding hydrogens is 484 g/mol. The van der Waals surface area contributed by atoms with Crippen LogP contribution in [0, 0.1) is 0 Å². The van der Waals surface area contributed by atoms with Crippen molar-refractivity contribution < 1.29 is 0 Å². The Hall–Kier alpha value is -4.56. The van der Waals surface area contributed by atoms with Crippen LogP contribution in [0.25, 0.3) is 55.5 Å². The number of nitrogens with zero attached hydrogens (tertiary/aromatic N) is 2. The third kappa shape index (κ3) is 3.05. The summed E-state index contributed by atoms with van der Waals surface area (Å²) in [7, 11) is 0. The highest BCUT2D eigenvalue weighted by atomic mass is 14.7. The first kappa shape index (κ1) is 23.3. The largest absolute Gasteiger partial charge is 0.256 e. The Bertz CT molecular complexity index is 1980. The minimum atomic E-state index is -0.138. The first-order valence-corrected chi connectivity index (χ1v) is 14.1. The molecule has 4 aromatic carbocycles. The zero-order valence-corrected chi connectivity index (χ0v) is 23.3. The number of hydrogen-bond donors (Lipinski definition) is 0. The van der Waals surface area contributed by atoms with Crippen molar-refractivity contribution in [2.24, 2.45) is 0 Å². The van der Waals surface area contributed by atoms with Crippen molar-refractivity contribution >= 4 is 10.8 Å². The molecule has 0 unspecified atom stereocenters. The van der Waals surface area contributed by atoms with E-state index in [9.17, 15) is 0 Å². The summed E-state index contributed by atoms with van der Waals surface area (Å²) in [5, 5.41) is 2.75. The molecule has 0 saturated carbocycles. The van der Waals surface area contributed by atoms with E-state index in [1.165, 1.54) is 66.4 Å². The number of hydrogen-bond acceptors (Lipinski definition) is 2. The lowest BCUT2D eigenvalue weighted by Crippen LogP contribution is -2.24. The lowest BCUT2D eigenvalue weighted by Gasteiger charge is -2.36. The third-order valence-electron chi connectivity index (χ3n) is 9.37. The number of rotatable bonds is 2. The molecule has 192 valence electrons. The van der Waals surface area contributed by atoms with E-state index in [1.807, 2.05) is 24.5 Å². The topological polar surface area (TPSA) is 25.8 Å². The zero-order chi connectivity index (χ0) is 27.2. The van der Waals surface area contributed by atoms with Crippen LogP contribution in [0.2, 0.25) is 0 Å². The van der Waals surface area contributed by atoms with Crippen LogP contribution in [-0.2, 0) is 10.8 Å². The molecule has 2 aliphatic carbocycles. The van der Waals surface area contributed by atoms with Crippen molar-refractivity contribution in [1.29, 1.82) is 0 Å². The average Bonchev–Trinajstić information content (AvgIpc) is 3.22. The first-order valence-electron chi connectivity index (χ1n) is 14.1. The molecule has 2 aromatic heterocycles. The standard InChI is InChI=1S/C38H30N2/c1-37(2)29-11-9-10-27-35-26-17-15-24(34-13-6-8-19-40-34)21-31(26)38(3,4)32(35)22-28(36(27)29)25-16-14-23(20-30(25)37)33-12-5-7-18-39-33/h5-22H,1-4H3. The molecule has 2 heterocycles. The van der Waals surface area contributed by atoms with Crippen molar-refractivity contribution in [1.82, 2.24) is 9.97 Å². The summed E-state index contributed by atoms with van der Waals surface area (Å²) < 4.78 is 0. The molecule has 6 aromatic rings. The maximum Gasteiger partial charge on any atom is 0.0702 e. The van der Waals surface area contributed by atoms with Gasteiger partial charge in [-0.05, 0) is 97.7 Å². The molecule has 0 bridgehead atoms. The minimum Gasteiger partial charge on any atom is -0.256 e. The highest BCUT2D eigenvalue weighted by Gasteiger charge is 2.41. The number of pyridine rings is 2. The van der Waals surface area contributed by atoms with Crippen molar-refractivity contribution in [2.75, 3.05) is 0 Å². The SMILES string of the molecule is CC1(C)c2cc(-c3ccccn3)ccc2-c2c1cc1c3c(cccc23)C(C)(C)c2cc(-c3ccccn3)ccc2-1. The van der Waals surface area contributed by atoms with Crippen molar-refractivity contribution in [3.05, 3.63) is 132 Å². The van der Waals surface area contributed by atoms with Crippen LogP contribution >= 0.6 is 0 Å². The van der Waals surface area contributed by atoms with Crippen molar-refractivity contribution in [3.63, 3.8) is 0 Å². The lowest BCUT2D eigenvalue weighted by atomic mass is 9.67. The Morgan fingerprint density at radius 1 is 0.475 bits per heavy atom. The van der Waals surface area contributed by atoms with Crippen LogP contribution in [0.15, 0.2) is 109 Å². The van der Waals surface area contributed by atoms with Gasteiger partial charge in [0.05, 0.1) is 11.4 Å². The fraction of sp³-hybridized carbons (Fsp3) is 0.158. The maximum atomic E-state index is 4.64. The second kappa shape index (κ2) is 7.99. The molecule has 8 rings (SSSR count). The van der Waals surface area contributed by atoms with Crippen LogP contribution in [0.4, 0.5) is 0 Å². The van der Waals surface area contributed by atoms with Gasteiger partial charge in [-0.15, -0.1) is 0 Å². The van der Waals surface area contributed by atoms with Gasteiger partial charge < -0.3 is 0 Å². The molecule has 0 atom stereocenters. The van der Waals surface area contributed by atoms with Gasteiger partial charge in [-0.3, -0.25) is 9.97 Å². The predicted octanol–water partition coefficient (Wildman–Crippen LogP) is 9.58. The molecule has 0 radical (unpaired) electrons. The van der Waals surface area contributed by atoms with Gasteiger partial charge in [0.15, 0.2) is 0 Å². The summed E-state index contributed by atoms with van der Waals surface area (Å²) in [4.78, 5) is 9.28. The normalized spacial score (nSPS) is 15.4. The smallest absolute Gasteiger partial charge is 0.0702 e. The highest BCUT2D eigenvalue weighted by molar-refractivity contribution is 6.12. The summed E-state index contributed by atoms with van der Waals surface area (Å²) in [6.45, 7) is 9.49. The van der Waals surface area contributed by atoms with Crippen LogP contribution in [0.5, 0.6) is 0 Å². The Morgan fingerprint density at radius 2 is 1.07 bits per heavy atom. The molecule has 2 nitrogen and oxygen atoms in total. The highest BCUT2D eigenvalue weighted by Crippen LogP contribution is 2.57. The first-order chi connectivity index (χ1) is 19.4. The number of aromatic nitrogens is 2. The van der Waals surface area contributed by atoms with E-state index in [4.69, 9.17) is 0 Å². The molecule has 2 heteroatoms. The van der Waals surface area contributed by atoms with Crippen LogP contribution in [0.3, 0.4) is 0 Å². The molecule has 40 heavy (non-hydrogen) atoms. The Morgan fingerprint density at radius 3 is 1.70 bits per heavy atom. The van der Waals surface area contributed by atoms with E-state index in [0.29, 0.717) is 0 Å². The summed E-state index contributed by atoms with van der Waals surface area (Å²) in [6.07, 6.45) is 3.75. The molecule has 2 aliphatic rings. The lowest BCUT2D eigenvalue weighted by molar-refractivity contribution is 0.644. The second-order valence-corrected chi connectivity index (χ2v) is 12.3. The number of benzene rings is 4. The maximum absolute atomic E-state index is 4.64. The monoisotopic (exact) mass is 514 g/mol. The fourth-order valence-electron chi connectivity index (χ4n) is 7.25. The molecule has 0 saturated heterocycles. The van der Waals surface area contributed by atoms with E-state index in [-0.39, 0.29) is 10.8 Å². The van der Waals surface area contributed by atoms with Gasteiger partial charge in [0.2, 0.25) is 0 Å². The Balaban J connectivity index is 1.40. The van der Waals surface area contributed by atoms with E-state index in [0.717, 1.165) is 11.4 Å². The fourth-order valence-corrected chi connectivity index (χ4v) is 7.25. The van der Waals surface area contributed by atoms with Gasteiger partial charge in [-0.2, -0.15) is 0 Å². The van der Waals surface area contributed by atoms with E-state index in [1.54, 1.807) is 0 Å². The van der Waals surface area contributed by atoms with Crippen molar-refractivity contribution in [2.45, 2.75) is 38.5 Å². The molecule has 0 N–H and O–H groups in total. The molecule has 0 amide bonds. The van der Waals surface area contributed by atoms with Gasteiger partial charge in [0.25, 0.3) is 0 Å². The summed E-state index contributed by atoms with van der Waals surface area (Å²) >= 11 is 0. The molecule has 0 aliphatic heterocycles. The number of fused-ring (bicyclic) bond motifs is 6. The molecular formula is C38H30N2. The average molecular weight is 515 g/mol. The molecule has 0 fully saturated rings. The summed E-state index contributed by atoms with van der Waals surface area (Å²) in [5.74, 6) is 0. The van der Waals surface area contributed by atoms with E-state index >= 15 is 0 Å². The minimum absolute atomic E-state index is 0.128. The zero-order valence-electron chi connectivity index (χ0n) is 23.3. The molecule has 0 spiro atoms. The van der Waals surface area contributed by atoms with Crippen molar-refractivity contribution in [3.8, 4) is 44.8 Å². The van der Waals surface area contributed by atoms with E-state index in [2.05, 4.69) is 123 Å². The predicted molar refractivity (Wildman–Crippen MR) is 166 cm³/mol. The van der Waals surface area contributed by atoms with Gasteiger partial charge >= 0.3 is 0 Å². The van der Waals surface area contributed by atoms with Gasteiger partial charge in [-0.25, -0.2) is 0 Å².